The lowest BCUT2D eigenvalue weighted by atomic mass is 9.97. The van der Waals surface area contributed by atoms with Gasteiger partial charge in [-0.05, 0) is 42.5 Å². The maximum atomic E-state index is 13.1. The van der Waals surface area contributed by atoms with Crippen molar-refractivity contribution in [3.63, 3.8) is 0 Å². The molecule has 2 aromatic rings. The lowest BCUT2D eigenvalue weighted by Crippen LogP contribution is -2.43. The van der Waals surface area contributed by atoms with Crippen molar-refractivity contribution in [2.75, 3.05) is 25.1 Å². The Morgan fingerprint density at radius 3 is 2.77 bits per heavy atom. The van der Waals surface area contributed by atoms with Crippen LogP contribution in [0, 0.1) is 11.5 Å². The van der Waals surface area contributed by atoms with Gasteiger partial charge in [-0.3, -0.25) is 9.69 Å². The summed E-state index contributed by atoms with van der Waals surface area (Å²) in [5.41, 5.74) is 4.29. The molecule has 2 aliphatic heterocycles. The van der Waals surface area contributed by atoms with E-state index in [1.54, 1.807) is 12.0 Å². The molecule has 4 rings (SSSR count). The number of methoxy groups -OCH3 is 1. The summed E-state index contributed by atoms with van der Waals surface area (Å²) in [6.07, 6.45) is 4.63. The van der Waals surface area contributed by atoms with Gasteiger partial charge < -0.3 is 9.64 Å². The van der Waals surface area contributed by atoms with E-state index in [4.69, 9.17) is 4.74 Å². The van der Waals surface area contributed by atoms with Gasteiger partial charge in [-0.15, -0.1) is 0 Å². The Labute approximate surface area is 153 Å². The van der Waals surface area contributed by atoms with E-state index in [1.165, 1.54) is 5.56 Å². The molecule has 0 spiro atoms. The summed E-state index contributed by atoms with van der Waals surface area (Å²) in [6, 6.07) is 13.7. The van der Waals surface area contributed by atoms with E-state index < -0.39 is 0 Å². The zero-order chi connectivity index (χ0) is 18.1. The summed E-state index contributed by atoms with van der Waals surface area (Å²) in [5.74, 6) is 0.872. The van der Waals surface area contributed by atoms with Crippen LogP contribution in [-0.2, 0) is 11.2 Å². The maximum absolute atomic E-state index is 13.1. The first-order chi connectivity index (χ1) is 12.7. The number of hydrogen-bond acceptors (Lipinski definition) is 4. The molecule has 2 aromatic carbocycles. The highest BCUT2D eigenvalue weighted by Gasteiger charge is 2.36. The van der Waals surface area contributed by atoms with E-state index in [0.717, 1.165) is 41.8 Å². The van der Waals surface area contributed by atoms with Crippen LogP contribution in [0.4, 0.5) is 5.69 Å². The van der Waals surface area contributed by atoms with Crippen molar-refractivity contribution < 1.29 is 9.53 Å². The molecule has 132 valence electrons. The number of benzene rings is 2. The Morgan fingerprint density at radius 2 is 1.96 bits per heavy atom. The van der Waals surface area contributed by atoms with Gasteiger partial charge in [-0.1, -0.05) is 30.3 Å². The summed E-state index contributed by atoms with van der Waals surface area (Å²) in [7, 11) is 1.67. The highest BCUT2D eigenvalue weighted by Crippen LogP contribution is 2.40. The smallest absolute Gasteiger partial charge is 0.250 e. The molecule has 0 radical (unpaired) electrons. The number of fused-ring (bicyclic) bond motifs is 1. The fourth-order valence-electron chi connectivity index (χ4n) is 4.11. The third-order valence-corrected chi connectivity index (χ3v) is 5.36. The largest absolute Gasteiger partial charge is 0.496 e. The Bertz CT molecular complexity index is 887. The molecule has 0 aliphatic carbocycles. The number of para-hydroxylation sites is 1. The minimum atomic E-state index is -0.319. The molecule has 0 saturated carbocycles. The number of hydrogen-bond donors (Lipinski definition) is 0. The van der Waals surface area contributed by atoms with Gasteiger partial charge in [0, 0.05) is 24.3 Å². The third kappa shape index (κ3) is 2.59. The minimum Gasteiger partial charge on any atom is -0.496 e. The van der Waals surface area contributed by atoms with Gasteiger partial charge in [-0.25, -0.2) is 0 Å². The van der Waals surface area contributed by atoms with Crippen molar-refractivity contribution in [2.45, 2.75) is 25.3 Å². The van der Waals surface area contributed by atoms with E-state index in [0.29, 0.717) is 13.1 Å². The number of rotatable bonds is 3. The number of nitrogens with zero attached hydrogens (tertiary/aromatic N) is 3. The maximum Gasteiger partial charge on any atom is 0.250 e. The molecule has 2 aliphatic rings. The lowest BCUT2D eigenvalue weighted by Gasteiger charge is -2.25. The van der Waals surface area contributed by atoms with E-state index in [9.17, 15) is 10.1 Å². The van der Waals surface area contributed by atoms with Crippen LogP contribution in [0.3, 0.4) is 0 Å². The number of carbonyl (C=O) groups excluding carboxylic acids is 1. The predicted molar refractivity (Wildman–Crippen MR) is 99.8 cm³/mol. The highest BCUT2D eigenvalue weighted by molar-refractivity contribution is 6.00. The topological polar surface area (TPSA) is 56.6 Å². The van der Waals surface area contributed by atoms with Crippen LogP contribution in [0.2, 0.25) is 0 Å². The quantitative estimate of drug-likeness (QED) is 0.800. The molecule has 5 nitrogen and oxygen atoms in total. The Kier molecular flexibility index (Phi) is 4.26. The first-order valence-corrected chi connectivity index (χ1v) is 8.97. The molecule has 0 bridgehead atoms. The zero-order valence-electron chi connectivity index (χ0n) is 14.8. The molecular formula is C21H21N3O2. The van der Waals surface area contributed by atoms with Crippen molar-refractivity contribution in [3.8, 4) is 23.1 Å². The van der Waals surface area contributed by atoms with Gasteiger partial charge in [0.25, 0.3) is 0 Å². The van der Waals surface area contributed by atoms with Crippen molar-refractivity contribution in [3.05, 3.63) is 48.0 Å². The molecule has 2 heterocycles. The predicted octanol–water partition coefficient (Wildman–Crippen LogP) is 3.20. The summed E-state index contributed by atoms with van der Waals surface area (Å²) >= 11 is 0. The average Bonchev–Trinajstić information content (AvgIpc) is 3.34. The standard InChI is InChI=1S/C21H21N3O2/c1-26-20-10-3-2-6-17(20)15-7-4-8-18-16(15)11-13-24(18)21(25)19-9-5-12-23(19)14-22/h2-4,6-8,10,19H,5,9,11-13H2,1H3. The lowest BCUT2D eigenvalue weighted by molar-refractivity contribution is -0.121. The molecular weight excluding hydrogens is 326 g/mol. The number of carbonyl (C=O) groups is 1. The summed E-state index contributed by atoms with van der Waals surface area (Å²) in [5, 5.41) is 9.27. The first kappa shape index (κ1) is 16.5. The number of anilines is 1. The van der Waals surface area contributed by atoms with Crippen molar-refractivity contribution in [1.29, 1.82) is 5.26 Å². The summed E-state index contributed by atoms with van der Waals surface area (Å²) in [4.78, 5) is 16.5. The van der Waals surface area contributed by atoms with Gasteiger partial charge in [0.2, 0.25) is 5.91 Å². The van der Waals surface area contributed by atoms with Gasteiger partial charge in [0.15, 0.2) is 6.19 Å². The second-order valence-electron chi connectivity index (χ2n) is 6.69. The van der Waals surface area contributed by atoms with Crippen LogP contribution in [0.1, 0.15) is 18.4 Å². The van der Waals surface area contributed by atoms with E-state index in [1.807, 2.05) is 41.3 Å². The van der Waals surface area contributed by atoms with E-state index in [-0.39, 0.29) is 11.9 Å². The van der Waals surface area contributed by atoms with E-state index in [2.05, 4.69) is 12.3 Å². The van der Waals surface area contributed by atoms with Crippen LogP contribution < -0.4 is 9.64 Å². The average molecular weight is 347 g/mol. The number of amides is 1. The molecule has 0 aromatic heterocycles. The van der Waals surface area contributed by atoms with Crippen LogP contribution in [0.25, 0.3) is 11.1 Å². The van der Waals surface area contributed by atoms with Gasteiger partial charge >= 0.3 is 0 Å². The van der Waals surface area contributed by atoms with Crippen LogP contribution in [0.5, 0.6) is 5.75 Å². The fraction of sp³-hybridized carbons (Fsp3) is 0.333. The number of nitriles is 1. The number of likely N-dealkylation sites (tertiary alicyclic amines) is 1. The fourth-order valence-corrected chi connectivity index (χ4v) is 4.11. The first-order valence-electron chi connectivity index (χ1n) is 8.97. The Hall–Kier alpha value is -3.00. The molecule has 1 atom stereocenters. The second-order valence-corrected chi connectivity index (χ2v) is 6.69. The van der Waals surface area contributed by atoms with Crippen LogP contribution >= 0.6 is 0 Å². The van der Waals surface area contributed by atoms with E-state index >= 15 is 0 Å². The van der Waals surface area contributed by atoms with Gasteiger partial charge in [0.05, 0.1) is 7.11 Å². The van der Waals surface area contributed by atoms with Crippen molar-refractivity contribution >= 4 is 11.6 Å². The summed E-state index contributed by atoms with van der Waals surface area (Å²) < 4.78 is 5.52. The van der Waals surface area contributed by atoms with Gasteiger partial charge in [0.1, 0.15) is 11.8 Å². The van der Waals surface area contributed by atoms with Crippen molar-refractivity contribution in [1.82, 2.24) is 4.90 Å². The molecule has 1 saturated heterocycles. The van der Waals surface area contributed by atoms with Gasteiger partial charge in [-0.2, -0.15) is 5.26 Å². The van der Waals surface area contributed by atoms with Crippen molar-refractivity contribution in [2.24, 2.45) is 0 Å². The molecule has 1 amide bonds. The second kappa shape index (κ2) is 6.72. The Morgan fingerprint density at radius 1 is 1.15 bits per heavy atom. The minimum absolute atomic E-state index is 0.0416. The molecule has 1 unspecified atom stereocenters. The van der Waals surface area contributed by atoms with Crippen LogP contribution in [0.15, 0.2) is 42.5 Å². The SMILES string of the molecule is COc1ccccc1-c1cccc2c1CCN2C(=O)C1CCCN1C#N. The molecule has 1 fully saturated rings. The molecule has 26 heavy (non-hydrogen) atoms. The number of ether oxygens (including phenoxy) is 1. The zero-order valence-corrected chi connectivity index (χ0v) is 14.8. The normalized spacial score (nSPS) is 18.5. The summed E-state index contributed by atoms with van der Waals surface area (Å²) in [6.45, 7) is 1.34. The highest BCUT2D eigenvalue weighted by atomic mass is 16.5. The Balaban J connectivity index is 1.71. The van der Waals surface area contributed by atoms with Crippen LogP contribution in [-0.4, -0.2) is 37.0 Å². The molecule has 5 heteroatoms. The molecule has 0 N–H and O–H groups in total. The monoisotopic (exact) mass is 347 g/mol. The third-order valence-electron chi connectivity index (χ3n) is 5.36.